The van der Waals surface area contributed by atoms with Crippen LogP contribution in [-0.2, 0) is 28.7 Å². The largest absolute Gasteiger partial charge is 0.386 e. The number of esters is 4. The summed E-state index contributed by atoms with van der Waals surface area (Å²) in [5.41, 5.74) is 1.67. The molecule has 0 aromatic heterocycles. The summed E-state index contributed by atoms with van der Waals surface area (Å²) in [6, 6.07) is 0. The van der Waals surface area contributed by atoms with Crippen molar-refractivity contribution >= 4 is 23.9 Å². The first-order valence-corrected chi connectivity index (χ1v) is 5.13. The summed E-state index contributed by atoms with van der Waals surface area (Å²) in [6.45, 7) is 6.29. The van der Waals surface area contributed by atoms with E-state index in [1.807, 2.05) is 0 Å². The summed E-state index contributed by atoms with van der Waals surface area (Å²) in [5, 5.41) is 0. The fraction of sp³-hybridized carbons (Fsp3) is 0.333. The van der Waals surface area contributed by atoms with E-state index in [4.69, 9.17) is 0 Å². The number of cyclic esters (lactones) is 4. The van der Waals surface area contributed by atoms with Gasteiger partial charge in [-0.05, 0) is 27.7 Å². The molecule has 0 unspecified atom stereocenters. The van der Waals surface area contributed by atoms with Gasteiger partial charge in [0.1, 0.15) is 0 Å². The van der Waals surface area contributed by atoms with Gasteiger partial charge in [0, 0.05) is 22.3 Å². The molecule has 0 fully saturated rings. The lowest BCUT2D eigenvalue weighted by atomic mass is 10.2. The number of carbonyl (C=O) groups is 4. The molecule has 0 N–H and O–H groups in total. The molecule has 0 radical (unpaired) electrons. The Kier molecular flexibility index (Phi) is 3.80. The first kappa shape index (κ1) is 13.8. The molecule has 0 saturated carbocycles. The lowest BCUT2D eigenvalue weighted by Gasteiger charge is -1.84. The number of hydrogen-bond acceptors (Lipinski definition) is 6. The van der Waals surface area contributed by atoms with Crippen molar-refractivity contribution in [1.29, 1.82) is 0 Å². The average molecular weight is 252 g/mol. The fourth-order valence-electron chi connectivity index (χ4n) is 1.09. The molecule has 96 valence electrons. The molecular weight excluding hydrogens is 240 g/mol. The number of hydrogen-bond donors (Lipinski definition) is 0. The normalized spacial score (nSPS) is 18.9. The van der Waals surface area contributed by atoms with E-state index in [0.29, 0.717) is 22.3 Å². The van der Waals surface area contributed by atoms with Gasteiger partial charge in [-0.25, -0.2) is 19.2 Å². The zero-order valence-electron chi connectivity index (χ0n) is 10.4. The van der Waals surface area contributed by atoms with E-state index < -0.39 is 23.9 Å². The van der Waals surface area contributed by atoms with Gasteiger partial charge >= 0.3 is 23.9 Å². The van der Waals surface area contributed by atoms with Gasteiger partial charge in [-0.1, -0.05) is 0 Å². The van der Waals surface area contributed by atoms with Gasteiger partial charge < -0.3 is 9.47 Å². The van der Waals surface area contributed by atoms with Crippen LogP contribution in [0.3, 0.4) is 0 Å². The molecule has 0 saturated heterocycles. The standard InChI is InChI=1S/2C6H6O3/c2*1-3-4(2)6(8)9-5(3)7/h2*1-2H3. The second-order valence-electron chi connectivity index (χ2n) is 3.85. The predicted molar refractivity (Wildman–Crippen MR) is 58.9 cm³/mol. The smallest absolute Gasteiger partial charge is 0.342 e. The third kappa shape index (κ3) is 2.53. The lowest BCUT2D eigenvalue weighted by Crippen LogP contribution is -2.00. The van der Waals surface area contributed by atoms with Crippen LogP contribution in [0, 0.1) is 0 Å². The van der Waals surface area contributed by atoms with E-state index >= 15 is 0 Å². The number of carbonyl (C=O) groups excluding carboxylic acids is 4. The monoisotopic (exact) mass is 252 g/mol. The summed E-state index contributed by atoms with van der Waals surface area (Å²) in [5.74, 6) is -2.06. The molecule has 6 heteroatoms. The second-order valence-corrected chi connectivity index (χ2v) is 3.85. The van der Waals surface area contributed by atoms with Crippen molar-refractivity contribution in [3.05, 3.63) is 22.3 Å². The number of rotatable bonds is 0. The summed E-state index contributed by atoms with van der Waals surface area (Å²) in [6.07, 6.45) is 0. The fourth-order valence-corrected chi connectivity index (χ4v) is 1.09. The van der Waals surface area contributed by atoms with Crippen molar-refractivity contribution in [2.24, 2.45) is 0 Å². The maximum Gasteiger partial charge on any atom is 0.342 e. The van der Waals surface area contributed by atoms with Gasteiger partial charge in [-0.2, -0.15) is 0 Å². The third-order valence-electron chi connectivity index (χ3n) is 2.72. The van der Waals surface area contributed by atoms with Crippen LogP contribution in [0.2, 0.25) is 0 Å². The van der Waals surface area contributed by atoms with Crippen LogP contribution in [0.4, 0.5) is 0 Å². The molecule has 2 heterocycles. The van der Waals surface area contributed by atoms with Crippen LogP contribution in [0.15, 0.2) is 22.3 Å². The molecule has 2 rings (SSSR count). The highest BCUT2D eigenvalue weighted by Gasteiger charge is 2.26. The minimum Gasteiger partial charge on any atom is -0.386 e. The highest BCUT2D eigenvalue weighted by Crippen LogP contribution is 2.15. The van der Waals surface area contributed by atoms with E-state index in [1.165, 1.54) is 0 Å². The summed E-state index contributed by atoms with van der Waals surface area (Å²) in [7, 11) is 0. The van der Waals surface area contributed by atoms with Crippen LogP contribution >= 0.6 is 0 Å². The predicted octanol–water partition coefficient (Wildman–Crippen LogP) is 0.812. The van der Waals surface area contributed by atoms with Crippen LogP contribution in [-0.4, -0.2) is 23.9 Å². The highest BCUT2D eigenvalue weighted by molar-refractivity contribution is 6.12. The first-order chi connectivity index (χ1) is 8.25. The van der Waals surface area contributed by atoms with E-state index in [9.17, 15) is 19.2 Å². The minimum atomic E-state index is -0.516. The van der Waals surface area contributed by atoms with Gasteiger partial charge in [0.2, 0.25) is 0 Å². The van der Waals surface area contributed by atoms with Gasteiger partial charge in [-0.15, -0.1) is 0 Å². The van der Waals surface area contributed by atoms with Crippen LogP contribution in [0.1, 0.15) is 27.7 Å². The molecule has 0 aromatic rings. The summed E-state index contributed by atoms with van der Waals surface area (Å²) >= 11 is 0. The molecule has 0 atom stereocenters. The van der Waals surface area contributed by atoms with Crippen molar-refractivity contribution in [3.8, 4) is 0 Å². The number of ether oxygens (including phenoxy) is 2. The topological polar surface area (TPSA) is 86.7 Å². The van der Waals surface area contributed by atoms with Gasteiger partial charge in [-0.3, -0.25) is 0 Å². The molecule has 0 aliphatic carbocycles. The molecule has 0 amide bonds. The Balaban J connectivity index is 0.000000180. The summed E-state index contributed by atoms with van der Waals surface area (Å²) in [4.78, 5) is 42.0. The molecule has 0 spiro atoms. The minimum absolute atomic E-state index is 0.417. The summed E-state index contributed by atoms with van der Waals surface area (Å²) < 4.78 is 8.47. The van der Waals surface area contributed by atoms with Gasteiger partial charge in [0.05, 0.1) is 0 Å². The molecule has 2 aliphatic rings. The molecule has 0 bridgehead atoms. The zero-order chi connectivity index (χ0) is 14.0. The molecular formula is C12H12O6. The molecule has 6 nitrogen and oxygen atoms in total. The van der Waals surface area contributed by atoms with Crippen molar-refractivity contribution in [1.82, 2.24) is 0 Å². The van der Waals surface area contributed by atoms with E-state index in [1.54, 1.807) is 27.7 Å². The Morgan fingerprint density at radius 3 is 0.722 bits per heavy atom. The third-order valence-corrected chi connectivity index (χ3v) is 2.72. The Morgan fingerprint density at radius 1 is 0.500 bits per heavy atom. The van der Waals surface area contributed by atoms with Gasteiger partial charge in [0.25, 0.3) is 0 Å². The van der Waals surface area contributed by atoms with Crippen LogP contribution < -0.4 is 0 Å². The van der Waals surface area contributed by atoms with Crippen LogP contribution in [0.5, 0.6) is 0 Å². The van der Waals surface area contributed by atoms with Crippen molar-refractivity contribution < 1.29 is 28.7 Å². The SMILES string of the molecule is CC1=C(C)C(=O)OC1=O.CC1=C(C)C(=O)OC1=O. The zero-order valence-corrected chi connectivity index (χ0v) is 10.4. The van der Waals surface area contributed by atoms with E-state index in [2.05, 4.69) is 9.47 Å². The Labute approximate surface area is 103 Å². The van der Waals surface area contributed by atoms with Crippen molar-refractivity contribution in [2.75, 3.05) is 0 Å². The molecule has 0 aromatic carbocycles. The lowest BCUT2D eigenvalue weighted by molar-refractivity contribution is -0.152. The maximum atomic E-state index is 10.5. The average Bonchev–Trinajstić information content (AvgIpc) is 2.66. The Morgan fingerprint density at radius 2 is 0.667 bits per heavy atom. The first-order valence-electron chi connectivity index (χ1n) is 5.13. The maximum absolute atomic E-state index is 10.5. The quantitative estimate of drug-likeness (QED) is 0.468. The van der Waals surface area contributed by atoms with Crippen molar-refractivity contribution in [2.45, 2.75) is 27.7 Å². The Bertz CT molecular complexity index is 429. The van der Waals surface area contributed by atoms with Crippen LogP contribution in [0.25, 0.3) is 0 Å². The molecule has 18 heavy (non-hydrogen) atoms. The van der Waals surface area contributed by atoms with Gasteiger partial charge in [0.15, 0.2) is 0 Å². The Hall–Kier alpha value is -2.24. The van der Waals surface area contributed by atoms with E-state index in [0.717, 1.165) is 0 Å². The van der Waals surface area contributed by atoms with E-state index in [-0.39, 0.29) is 0 Å². The molecule has 2 aliphatic heterocycles. The second kappa shape index (κ2) is 4.95. The highest BCUT2D eigenvalue weighted by atomic mass is 16.6. The van der Waals surface area contributed by atoms with Crippen molar-refractivity contribution in [3.63, 3.8) is 0 Å².